The van der Waals surface area contributed by atoms with E-state index in [0.29, 0.717) is 41.1 Å². The Kier molecular flexibility index (Phi) is 7.45. The molecule has 1 unspecified atom stereocenters. The van der Waals surface area contributed by atoms with E-state index >= 15 is 0 Å². The molecule has 0 radical (unpaired) electrons. The standard InChI is InChI=1S/C24H27NO6S/c1-4-30-23(29)19-18-11-13-24(12-8-14-31-16(3)27,17-9-6-5-7-10-17)21(28)20(18)32-22(19)25-15(2)26/h5-7,9-10H,4,8,11-14H2,1-3H3,(H,25,26). The minimum atomic E-state index is -0.793. The summed E-state index contributed by atoms with van der Waals surface area (Å²) in [4.78, 5) is 50.0. The van der Waals surface area contributed by atoms with Gasteiger partial charge < -0.3 is 14.8 Å². The van der Waals surface area contributed by atoms with Crippen LogP contribution in [0.1, 0.15) is 71.2 Å². The number of Topliss-reactive ketones (excluding diaryl/α,β-unsaturated/α-hetero) is 1. The van der Waals surface area contributed by atoms with Crippen LogP contribution in [0, 0.1) is 0 Å². The van der Waals surface area contributed by atoms with E-state index in [2.05, 4.69) is 5.32 Å². The van der Waals surface area contributed by atoms with Crippen LogP contribution >= 0.6 is 11.3 Å². The molecule has 0 spiro atoms. The Balaban J connectivity index is 2.04. The highest BCUT2D eigenvalue weighted by molar-refractivity contribution is 7.19. The molecule has 0 saturated heterocycles. The number of nitrogens with one attached hydrogen (secondary N) is 1. The van der Waals surface area contributed by atoms with Gasteiger partial charge in [0.2, 0.25) is 5.91 Å². The zero-order valence-corrected chi connectivity index (χ0v) is 19.3. The fourth-order valence-corrected chi connectivity index (χ4v) is 5.55. The summed E-state index contributed by atoms with van der Waals surface area (Å²) in [5.41, 5.74) is 1.01. The first kappa shape index (κ1) is 23.7. The van der Waals surface area contributed by atoms with Crippen molar-refractivity contribution in [3.05, 3.63) is 51.9 Å². The third kappa shape index (κ3) is 4.75. The number of esters is 2. The van der Waals surface area contributed by atoms with Crippen LogP contribution in [0.2, 0.25) is 0 Å². The molecular formula is C24H27NO6S. The lowest BCUT2D eigenvalue weighted by Crippen LogP contribution is -2.40. The summed E-state index contributed by atoms with van der Waals surface area (Å²) in [6.07, 6.45) is 2.04. The highest BCUT2D eigenvalue weighted by Gasteiger charge is 2.46. The van der Waals surface area contributed by atoms with Crippen LogP contribution in [-0.2, 0) is 30.9 Å². The molecule has 1 atom stereocenters. The quantitative estimate of drug-likeness (QED) is 0.469. The van der Waals surface area contributed by atoms with E-state index in [1.54, 1.807) is 6.92 Å². The predicted molar refractivity (Wildman–Crippen MR) is 121 cm³/mol. The molecule has 2 aromatic rings. The van der Waals surface area contributed by atoms with Crippen LogP contribution < -0.4 is 5.32 Å². The number of hydrogen-bond donors (Lipinski definition) is 1. The third-order valence-corrected chi connectivity index (χ3v) is 6.74. The zero-order valence-electron chi connectivity index (χ0n) is 18.5. The van der Waals surface area contributed by atoms with Crippen LogP contribution in [0.25, 0.3) is 0 Å². The Hall–Kier alpha value is -3.00. The summed E-state index contributed by atoms with van der Waals surface area (Å²) >= 11 is 1.13. The molecule has 1 aliphatic rings. The first-order valence-electron chi connectivity index (χ1n) is 10.6. The number of carbonyl (C=O) groups is 4. The normalized spacial score (nSPS) is 17.4. The molecule has 8 heteroatoms. The lowest BCUT2D eigenvalue weighted by atomic mass is 9.66. The molecule has 1 aromatic carbocycles. The van der Waals surface area contributed by atoms with Crippen molar-refractivity contribution in [1.29, 1.82) is 0 Å². The second-order valence-corrected chi connectivity index (χ2v) is 8.76. The van der Waals surface area contributed by atoms with E-state index in [1.807, 2.05) is 30.3 Å². The number of benzene rings is 1. The van der Waals surface area contributed by atoms with Gasteiger partial charge in [-0.3, -0.25) is 14.4 Å². The van der Waals surface area contributed by atoms with Gasteiger partial charge in [-0.2, -0.15) is 0 Å². The van der Waals surface area contributed by atoms with Crippen molar-refractivity contribution in [3.8, 4) is 0 Å². The van der Waals surface area contributed by atoms with Crippen molar-refractivity contribution < 1.29 is 28.7 Å². The van der Waals surface area contributed by atoms with Crippen molar-refractivity contribution in [1.82, 2.24) is 0 Å². The number of anilines is 1. The van der Waals surface area contributed by atoms with Crippen LogP contribution in [-0.4, -0.2) is 36.8 Å². The fraction of sp³-hybridized carbons (Fsp3) is 0.417. The van der Waals surface area contributed by atoms with Crippen molar-refractivity contribution in [2.45, 2.75) is 51.9 Å². The molecule has 7 nitrogen and oxygen atoms in total. The topological polar surface area (TPSA) is 98.8 Å². The molecule has 170 valence electrons. The summed E-state index contributed by atoms with van der Waals surface area (Å²) in [5.74, 6) is -1.30. The maximum atomic E-state index is 13.9. The minimum absolute atomic E-state index is 0.0834. The Morgan fingerprint density at radius 1 is 1.12 bits per heavy atom. The first-order chi connectivity index (χ1) is 15.3. The average Bonchev–Trinajstić information content (AvgIpc) is 3.11. The van der Waals surface area contributed by atoms with Gasteiger partial charge in [0, 0.05) is 13.8 Å². The number of ether oxygens (including phenoxy) is 2. The second-order valence-electron chi connectivity index (χ2n) is 7.74. The maximum absolute atomic E-state index is 13.9. The van der Waals surface area contributed by atoms with E-state index in [-0.39, 0.29) is 36.4 Å². The predicted octanol–water partition coefficient (Wildman–Crippen LogP) is 4.29. The first-order valence-corrected chi connectivity index (χ1v) is 11.5. The minimum Gasteiger partial charge on any atom is -0.466 e. The van der Waals surface area contributed by atoms with Gasteiger partial charge in [0.1, 0.15) is 5.00 Å². The molecular weight excluding hydrogens is 430 g/mol. The van der Waals surface area contributed by atoms with E-state index in [1.165, 1.54) is 13.8 Å². The van der Waals surface area contributed by atoms with E-state index in [9.17, 15) is 19.2 Å². The number of hydrogen-bond acceptors (Lipinski definition) is 7. The van der Waals surface area contributed by atoms with Crippen LogP contribution in [0.4, 0.5) is 5.00 Å². The number of fused-ring (bicyclic) bond motifs is 1. The number of rotatable bonds is 8. The van der Waals surface area contributed by atoms with Gasteiger partial charge in [-0.15, -0.1) is 11.3 Å². The van der Waals surface area contributed by atoms with E-state index in [4.69, 9.17) is 9.47 Å². The highest BCUT2D eigenvalue weighted by Crippen LogP contribution is 2.47. The van der Waals surface area contributed by atoms with Gasteiger partial charge in [-0.1, -0.05) is 30.3 Å². The van der Waals surface area contributed by atoms with E-state index in [0.717, 1.165) is 16.9 Å². The average molecular weight is 458 g/mol. The SMILES string of the molecule is CCOC(=O)c1c(NC(C)=O)sc2c1CCC(CCCOC(C)=O)(c1ccccc1)C2=O. The number of ketones is 1. The molecule has 1 amide bonds. The summed E-state index contributed by atoms with van der Waals surface area (Å²) in [5, 5.41) is 3.04. The Bertz CT molecular complexity index is 1030. The summed E-state index contributed by atoms with van der Waals surface area (Å²) in [7, 11) is 0. The van der Waals surface area contributed by atoms with Crippen LogP contribution in [0.5, 0.6) is 0 Å². The molecule has 1 aromatic heterocycles. The van der Waals surface area contributed by atoms with Gasteiger partial charge in [-0.25, -0.2) is 4.79 Å². The Labute approximate surface area is 191 Å². The Morgan fingerprint density at radius 2 is 1.84 bits per heavy atom. The molecule has 0 fully saturated rings. The van der Waals surface area contributed by atoms with Crippen molar-refractivity contribution >= 4 is 40.0 Å². The monoisotopic (exact) mass is 457 g/mol. The zero-order chi connectivity index (χ0) is 23.3. The molecule has 1 N–H and O–H groups in total. The third-order valence-electron chi connectivity index (χ3n) is 5.60. The second kappa shape index (κ2) is 10.1. The summed E-state index contributed by atoms with van der Waals surface area (Å²) in [6.45, 7) is 4.86. The molecule has 32 heavy (non-hydrogen) atoms. The number of thiophene rings is 1. The molecule has 0 aliphatic heterocycles. The van der Waals surface area contributed by atoms with Gasteiger partial charge in [0.05, 0.1) is 29.1 Å². The maximum Gasteiger partial charge on any atom is 0.341 e. The Morgan fingerprint density at radius 3 is 2.47 bits per heavy atom. The summed E-state index contributed by atoms with van der Waals surface area (Å²) < 4.78 is 10.3. The lowest BCUT2D eigenvalue weighted by molar-refractivity contribution is -0.141. The molecule has 3 rings (SSSR count). The van der Waals surface area contributed by atoms with Crippen LogP contribution in [0.15, 0.2) is 30.3 Å². The molecule has 0 saturated carbocycles. The van der Waals surface area contributed by atoms with Gasteiger partial charge in [0.25, 0.3) is 0 Å². The van der Waals surface area contributed by atoms with Gasteiger partial charge in [0.15, 0.2) is 5.78 Å². The fourth-order valence-electron chi connectivity index (χ4n) is 4.23. The van der Waals surface area contributed by atoms with E-state index < -0.39 is 11.4 Å². The molecule has 0 bridgehead atoms. The largest absolute Gasteiger partial charge is 0.466 e. The lowest BCUT2D eigenvalue weighted by Gasteiger charge is -2.36. The molecule has 1 aliphatic carbocycles. The smallest absolute Gasteiger partial charge is 0.341 e. The summed E-state index contributed by atoms with van der Waals surface area (Å²) in [6, 6.07) is 9.56. The highest BCUT2D eigenvalue weighted by atomic mass is 32.1. The van der Waals surface area contributed by atoms with Crippen LogP contribution in [0.3, 0.4) is 0 Å². The number of carbonyl (C=O) groups excluding carboxylic acids is 4. The number of amides is 1. The van der Waals surface area contributed by atoms with Crippen molar-refractivity contribution in [3.63, 3.8) is 0 Å². The van der Waals surface area contributed by atoms with Crippen molar-refractivity contribution in [2.24, 2.45) is 0 Å². The molecule has 1 heterocycles. The van der Waals surface area contributed by atoms with Gasteiger partial charge in [-0.05, 0) is 43.7 Å². The van der Waals surface area contributed by atoms with Gasteiger partial charge >= 0.3 is 11.9 Å². The van der Waals surface area contributed by atoms with Crippen molar-refractivity contribution in [2.75, 3.05) is 18.5 Å².